The second-order valence-corrected chi connectivity index (χ2v) is 3.42. The van der Waals surface area contributed by atoms with Crippen LogP contribution in [-0.4, -0.2) is 0 Å². The van der Waals surface area contributed by atoms with Crippen LogP contribution >= 0.6 is 0 Å². The number of nitrogen functional groups attached to an aromatic ring is 1. The Kier molecular flexibility index (Phi) is 2.70. The summed E-state index contributed by atoms with van der Waals surface area (Å²) in [5.41, 5.74) is 17.2. The number of anilines is 1. The van der Waals surface area contributed by atoms with E-state index in [2.05, 4.69) is 0 Å². The zero-order chi connectivity index (χ0) is 10.7. The van der Waals surface area contributed by atoms with E-state index in [-0.39, 0.29) is 6.54 Å². The average molecular weight is 197 g/mol. The van der Waals surface area contributed by atoms with E-state index in [0.29, 0.717) is 0 Å². The summed E-state index contributed by atoms with van der Waals surface area (Å²) in [6, 6.07) is 15.7. The van der Waals surface area contributed by atoms with Gasteiger partial charge in [-0.15, -0.1) is 0 Å². The van der Waals surface area contributed by atoms with Crippen molar-refractivity contribution < 1.29 is 0 Å². The number of nitrogens with two attached hydrogens (primary N) is 1. The SMILES string of the molecule is [NH]Cc1ccccc1-c1ccccc1N. The minimum Gasteiger partial charge on any atom is -0.398 e. The van der Waals surface area contributed by atoms with Crippen molar-refractivity contribution in [2.75, 3.05) is 5.73 Å². The van der Waals surface area contributed by atoms with Gasteiger partial charge >= 0.3 is 0 Å². The average Bonchev–Trinajstić information content (AvgIpc) is 2.30. The molecule has 2 aromatic rings. The van der Waals surface area contributed by atoms with Gasteiger partial charge in [0.15, 0.2) is 0 Å². The largest absolute Gasteiger partial charge is 0.398 e. The Bertz CT molecular complexity index is 464. The first-order valence-corrected chi connectivity index (χ1v) is 4.90. The van der Waals surface area contributed by atoms with Crippen molar-refractivity contribution in [1.29, 1.82) is 0 Å². The monoisotopic (exact) mass is 197 g/mol. The lowest BCUT2D eigenvalue weighted by Crippen LogP contribution is -1.94. The quantitative estimate of drug-likeness (QED) is 0.739. The predicted molar refractivity (Wildman–Crippen MR) is 63.1 cm³/mol. The number of nitrogens with one attached hydrogen (secondary N) is 1. The van der Waals surface area contributed by atoms with E-state index in [1.165, 1.54) is 0 Å². The molecule has 0 heterocycles. The third kappa shape index (κ3) is 1.85. The molecular formula is C13H13N2. The number of para-hydroxylation sites is 1. The highest BCUT2D eigenvalue weighted by Gasteiger charge is 2.05. The molecule has 0 aliphatic rings. The molecule has 2 heteroatoms. The molecule has 0 spiro atoms. The van der Waals surface area contributed by atoms with Crippen molar-refractivity contribution in [3.63, 3.8) is 0 Å². The van der Waals surface area contributed by atoms with E-state index in [1.54, 1.807) is 0 Å². The Balaban J connectivity index is 2.59. The van der Waals surface area contributed by atoms with Crippen LogP contribution in [0.1, 0.15) is 5.56 Å². The van der Waals surface area contributed by atoms with E-state index < -0.39 is 0 Å². The minimum absolute atomic E-state index is 0.282. The Hall–Kier alpha value is -1.80. The lowest BCUT2D eigenvalue weighted by molar-refractivity contribution is 1.03. The molecule has 3 N–H and O–H groups in total. The molecule has 0 unspecified atom stereocenters. The molecule has 2 nitrogen and oxygen atoms in total. The zero-order valence-corrected chi connectivity index (χ0v) is 8.40. The van der Waals surface area contributed by atoms with Gasteiger partial charge < -0.3 is 5.73 Å². The molecule has 75 valence electrons. The fourth-order valence-corrected chi connectivity index (χ4v) is 1.68. The number of rotatable bonds is 2. The van der Waals surface area contributed by atoms with E-state index in [1.807, 2.05) is 48.5 Å². The first-order valence-electron chi connectivity index (χ1n) is 4.90. The third-order valence-electron chi connectivity index (χ3n) is 2.46. The topological polar surface area (TPSA) is 49.8 Å². The van der Waals surface area contributed by atoms with Crippen LogP contribution in [0.25, 0.3) is 11.1 Å². The number of hydrogen-bond donors (Lipinski definition) is 1. The highest BCUT2D eigenvalue weighted by Crippen LogP contribution is 2.28. The summed E-state index contributed by atoms with van der Waals surface area (Å²) in [7, 11) is 0. The summed E-state index contributed by atoms with van der Waals surface area (Å²) in [6.07, 6.45) is 0. The maximum atomic E-state index is 7.46. The van der Waals surface area contributed by atoms with Crippen LogP contribution in [0.4, 0.5) is 5.69 Å². The van der Waals surface area contributed by atoms with Crippen LogP contribution in [-0.2, 0) is 6.54 Å². The summed E-state index contributed by atoms with van der Waals surface area (Å²) >= 11 is 0. The summed E-state index contributed by atoms with van der Waals surface area (Å²) in [5.74, 6) is 0. The van der Waals surface area contributed by atoms with Gasteiger partial charge in [0.1, 0.15) is 0 Å². The molecule has 0 aliphatic carbocycles. The van der Waals surface area contributed by atoms with Crippen LogP contribution in [0.15, 0.2) is 48.5 Å². The van der Waals surface area contributed by atoms with Crippen LogP contribution in [0.5, 0.6) is 0 Å². The highest BCUT2D eigenvalue weighted by molar-refractivity contribution is 5.78. The van der Waals surface area contributed by atoms with Crippen molar-refractivity contribution in [2.45, 2.75) is 6.54 Å². The molecule has 0 aliphatic heterocycles. The van der Waals surface area contributed by atoms with Gasteiger partial charge in [0.05, 0.1) is 0 Å². The van der Waals surface area contributed by atoms with Crippen LogP contribution in [0, 0.1) is 0 Å². The first-order chi connectivity index (χ1) is 7.33. The number of benzene rings is 2. The normalized spacial score (nSPS) is 10.2. The smallest absolute Gasteiger partial charge is 0.0393 e. The second-order valence-electron chi connectivity index (χ2n) is 3.42. The molecule has 0 saturated carbocycles. The molecule has 0 bridgehead atoms. The Morgan fingerprint density at radius 2 is 1.47 bits per heavy atom. The standard InChI is InChI=1S/C13H13N2/c14-9-10-5-1-2-6-11(10)12-7-3-4-8-13(12)15/h1-8,14H,9,15H2. The summed E-state index contributed by atoms with van der Waals surface area (Å²) in [4.78, 5) is 0. The van der Waals surface area contributed by atoms with Gasteiger partial charge in [-0.2, -0.15) is 0 Å². The van der Waals surface area contributed by atoms with Gasteiger partial charge in [0.2, 0.25) is 0 Å². The van der Waals surface area contributed by atoms with Crippen molar-refractivity contribution in [3.8, 4) is 11.1 Å². The minimum atomic E-state index is 0.282. The fourth-order valence-electron chi connectivity index (χ4n) is 1.68. The van der Waals surface area contributed by atoms with Crippen molar-refractivity contribution in [3.05, 3.63) is 54.1 Å². The highest BCUT2D eigenvalue weighted by atomic mass is 14.6. The molecular weight excluding hydrogens is 184 g/mol. The molecule has 0 amide bonds. The molecule has 0 fully saturated rings. The van der Waals surface area contributed by atoms with Crippen LogP contribution in [0.2, 0.25) is 0 Å². The second kappa shape index (κ2) is 4.15. The van der Waals surface area contributed by atoms with Crippen molar-refractivity contribution >= 4 is 5.69 Å². The molecule has 2 aromatic carbocycles. The predicted octanol–water partition coefficient (Wildman–Crippen LogP) is 2.72. The molecule has 0 aromatic heterocycles. The van der Waals surface area contributed by atoms with E-state index >= 15 is 0 Å². The molecule has 2 rings (SSSR count). The van der Waals surface area contributed by atoms with Gasteiger partial charge in [-0.1, -0.05) is 42.5 Å². The molecule has 0 atom stereocenters. The molecule has 15 heavy (non-hydrogen) atoms. The molecule has 1 radical (unpaired) electrons. The Morgan fingerprint density at radius 3 is 2.13 bits per heavy atom. The van der Waals surface area contributed by atoms with Gasteiger partial charge in [-0.05, 0) is 17.2 Å². The third-order valence-corrected chi connectivity index (χ3v) is 2.46. The molecule has 0 saturated heterocycles. The lowest BCUT2D eigenvalue weighted by Gasteiger charge is -2.09. The van der Waals surface area contributed by atoms with E-state index in [9.17, 15) is 0 Å². The first kappa shape index (κ1) is 9.74. The number of hydrogen-bond acceptors (Lipinski definition) is 1. The zero-order valence-electron chi connectivity index (χ0n) is 8.40. The lowest BCUT2D eigenvalue weighted by atomic mass is 9.98. The summed E-state index contributed by atoms with van der Waals surface area (Å²) in [5, 5.41) is 0. The van der Waals surface area contributed by atoms with Crippen molar-refractivity contribution in [2.24, 2.45) is 0 Å². The van der Waals surface area contributed by atoms with E-state index in [0.717, 1.165) is 22.4 Å². The fraction of sp³-hybridized carbons (Fsp3) is 0.0769. The Labute approximate surface area is 89.5 Å². The Morgan fingerprint density at radius 1 is 0.867 bits per heavy atom. The van der Waals surface area contributed by atoms with Gasteiger partial charge in [0.25, 0.3) is 0 Å². The van der Waals surface area contributed by atoms with Crippen LogP contribution < -0.4 is 11.5 Å². The maximum Gasteiger partial charge on any atom is 0.0393 e. The van der Waals surface area contributed by atoms with Gasteiger partial charge in [-0.25, -0.2) is 0 Å². The summed E-state index contributed by atoms with van der Waals surface area (Å²) in [6.45, 7) is 0.282. The van der Waals surface area contributed by atoms with Gasteiger partial charge in [0, 0.05) is 17.8 Å². The summed E-state index contributed by atoms with van der Waals surface area (Å²) < 4.78 is 0. The van der Waals surface area contributed by atoms with E-state index in [4.69, 9.17) is 11.5 Å². The van der Waals surface area contributed by atoms with Gasteiger partial charge in [-0.3, -0.25) is 5.73 Å². The van der Waals surface area contributed by atoms with Crippen LogP contribution in [0.3, 0.4) is 0 Å². The van der Waals surface area contributed by atoms with Crippen molar-refractivity contribution in [1.82, 2.24) is 5.73 Å². The maximum absolute atomic E-state index is 7.46.